The normalized spacial score (nSPS) is 10.9. The molecule has 1 N–H and O–H groups in total. The number of aromatic nitrogens is 2. The summed E-state index contributed by atoms with van der Waals surface area (Å²) in [5, 5.41) is 11.1. The molecule has 0 unspecified atom stereocenters. The lowest BCUT2D eigenvalue weighted by Crippen LogP contribution is -2.25. The number of nitrogens with zero attached hydrogens (tertiary/aromatic N) is 3. The van der Waals surface area contributed by atoms with Gasteiger partial charge in [0, 0.05) is 20.2 Å². The van der Waals surface area contributed by atoms with Gasteiger partial charge in [-0.05, 0) is 18.6 Å². The van der Waals surface area contributed by atoms with Gasteiger partial charge in [0.05, 0.1) is 16.8 Å². The lowest BCUT2D eigenvalue weighted by Gasteiger charge is -2.17. The van der Waals surface area contributed by atoms with Crippen LogP contribution in [-0.2, 0) is 4.79 Å². The highest BCUT2D eigenvalue weighted by molar-refractivity contribution is 7.99. The molecule has 102 valence electrons. The quantitative estimate of drug-likeness (QED) is 0.868. The van der Waals surface area contributed by atoms with Gasteiger partial charge in [0.25, 0.3) is 0 Å². The van der Waals surface area contributed by atoms with Crippen LogP contribution in [-0.4, -0.2) is 40.6 Å². The Morgan fingerprint density at radius 1 is 1.53 bits per heavy atom. The van der Waals surface area contributed by atoms with Crippen LogP contribution in [0.2, 0.25) is 0 Å². The SMILES string of the molecule is Cc1cc2c(cc1F)nc(SCC(=O)O)n2N(C)C. The van der Waals surface area contributed by atoms with E-state index in [0.717, 1.165) is 17.3 Å². The number of carboxylic acids is 1. The van der Waals surface area contributed by atoms with Crippen molar-refractivity contribution in [2.24, 2.45) is 0 Å². The predicted molar refractivity (Wildman–Crippen MR) is 72.9 cm³/mol. The molecule has 0 aliphatic heterocycles. The van der Waals surface area contributed by atoms with Crippen LogP contribution in [0.4, 0.5) is 4.39 Å². The highest BCUT2D eigenvalue weighted by Gasteiger charge is 2.15. The molecule has 0 spiro atoms. The van der Waals surface area contributed by atoms with Crippen molar-refractivity contribution >= 4 is 28.8 Å². The van der Waals surface area contributed by atoms with E-state index in [1.165, 1.54) is 6.07 Å². The summed E-state index contributed by atoms with van der Waals surface area (Å²) in [6.07, 6.45) is 0. The average Bonchev–Trinajstić information content (AvgIpc) is 2.64. The maximum atomic E-state index is 13.5. The first-order valence-electron chi connectivity index (χ1n) is 5.61. The number of hydrogen-bond acceptors (Lipinski definition) is 4. The lowest BCUT2D eigenvalue weighted by molar-refractivity contribution is -0.133. The second-order valence-corrected chi connectivity index (χ2v) is 5.27. The average molecular weight is 283 g/mol. The molecule has 0 atom stereocenters. The van der Waals surface area contributed by atoms with Crippen LogP contribution < -0.4 is 5.01 Å². The molecule has 1 aromatic heterocycles. The first-order valence-corrected chi connectivity index (χ1v) is 6.59. The number of aryl methyl sites for hydroxylation is 1. The van der Waals surface area contributed by atoms with Crippen molar-refractivity contribution in [3.05, 3.63) is 23.5 Å². The molecule has 0 saturated heterocycles. The topological polar surface area (TPSA) is 58.4 Å². The lowest BCUT2D eigenvalue weighted by atomic mass is 10.2. The fraction of sp³-hybridized carbons (Fsp3) is 0.333. The van der Waals surface area contributed by atoms with Gasteiger partial charge in [-0.15, -0.1) is 0 Å². The Labute approximate surface area is 114 Å². The summed E-state index contributed by atoms with van der Waals surface area (Å²) >= 11 is 1.11. The third-order valence-corrected chi connectivity index (χ3v) is 3.52. The maximum absolute atomic E-state index is 13.5. The van der Waals surface area contributed by atoms with Gasteiger partial charge in [-0.1, -0.05) is 11.8 Å². The summed E-state index contributed by atoms with van der Waals surface area (Å²) < 4.78 is 15.3. The summed E-state index contributed by atoms with van der Waals surface area (Å²) in [7, 11) is 3.65. The van der Waals surface area contributed by atoms with E-state index in [1.54, 1.807) is 22.7 Å². The molecule has 1 heterocycles. The zero-order chi connectivity index (χ0) is 14.2. The van der Waals surface area contributed by atoms with Crippen LogP contribution in [0.15, 0.2) is 17.3 Å². The van der Waals surface area contributed by atoms with E-state index in [4.69, 9.17) is 5.11 Å². The van der Waals surface area contributed by atoms with Crippen molar-refractivity contribution < 1.29 is 14.3 Å². The Hall–Kier alpha value is -1.76. The molecule has 0 saturated carbocycles. The molecule has 0 radical (unpaired) electrons. The van der Waals surface area contributed by atoms with Gasteiger partial charge < -0.3 is 10.1 Å². The van der Waals surface area contributed by atoms with Crippen LogP contribution in [0.1, 0.15) is 5.56 Å². The highest BCUT2D eigenvalue weighted by atomic mass is 32.2. The fourth-order valence-electron chi connectivity index (χ4n) is 1.77. The standard InChI is InChI=1S/C12H14FN3O2S/c1-7-4-10-9(5-8(7)13)14-12(16(10)15(2)3)19-6-11(17)18/h4-5H,6H2,1-3H3,(H,17,18). The molecule has 2 rings (SSSR count). The molecule has 7 heteroatoms. The van der Waals surface area contributed by atoms with Crippen molar-refractivity contribution in [1.29, 1.82) is 0 Å². The number of carbonyl (C=O) groups is 1. The third kappa shape index (κ3) is 2.65. The Balaban J connectivity index is 2.56. The third-order valence-electron chi connectivity index (χ3n) is 2.61. The van der Waals surface area contributed by atoms with Gasteiger partial charge in [-0.25, -0.2) is 14.1 Å². The minimum Gasteiger partial charge on any atom is -0.481 e. The number of fused-ring (bicyclic) bond motifs is 1. The molecule has 19 heavy (non-hydrogen) atoms. The number of imidazole rings is 1. The van der Waals surface area contributed by atoms with Crippen molar-refractivity contribution in [2.45, 2.75) is 12.1 Å². The predicted octanol–water partition coefficient (Wildman–Crippen LogP) is 1.86. The molecular weight excluding hydrogens is 269 g/mol. The summed E-state index contributed by atoms with van der Waals surface area (Å²) in [5.74, 6) is -1.31. The molecule has 0 bridgehead atoms. The van der Waals surface area contributed by atoms with E-state index >= 15 is 0 Å². The first-order chi connectivity index (χ1) is 8.90. The second-order valence-electron chi connectivity index (χ2n) is 4.33. The van der Waals surface area contributed by atoms with Crippen molar-refractivity contribution in [3.63, 3.8) is 0 Å². The number of aliphatic carboxylic acids is 1. The number of halogens is 1. The fourth-order valence-corrected chi connectivity index (χ4v) is 2.57. The van der Waals surface area contributed by atoms with E-state index in [-0.39, 0.29) is 11.6 Å². The Bertz CT molecular complexity index is 639. The van der Waals surface area contributed by atoms with E-state index in [2.05, 4.69) is 4.98 Å². The number of benzene rings is 1. The van der Waals surface area contributed by atoms with Gasteiger partial charge in [-0.2, -0.15) is 0 Å². The van der Waals surface area contributed by atoms with E-state index < -0.39 is 5.97 Å². The van der Waals surface area contributed by atoms with Crippen molar-refractivity contribution in [1.82, 2.24) is 9.66 Å². The van der Waals surface area contributed by atoms with Gasteiger partial charge in [0.1, 0.15) is 5.82 Å². The molecule has 0 fully saturated rings. The molecule has 2 aromatic rings. The number of carboxylic acid groups (broad SMARTS) is 1. The Morgan fingerprint density at radius 3 is 2.79 bits per heavy atom. The van der Waals surface area contributed by atoms with Crippen LogP contribution in [0.25, 0.3) is 11.0 Å². The van der Waals surface area contributed by atoms with Gasteiger partial charge in [0.15, 0.2) is 5.16 Å². The zero-order valence-electron chi connectivity index (χ0n) is 10.8. The minimum atomic E-state index is -0.912. The van der Waals surface area contributed by atoms with E-state index in [1.807, 2.05) is 14.1 Å². The minimum absolute atomic E-state index is 0.0847. The smallest absolute Gasteiger partial charge is 0.313 e. The van der Waals surface area contributed by atoms with Gasteiger partial charge in [-0.3, -0.25) is 4.79 Å². The highest BCUT2D eigenvalue weighted by Crippen LogP contribution is 2.25. The first kappa shape index (κ1) is 13.7. The summed E-state index contributed by atoms with van der Waals surface area (Å²) in [6.45, 7) is 1.69. The van der Waals surface area contributed by atoms with Gasteiger partial charge >= 0.3 is 5.97 Å². The van der Waals surface area contributed by atoms with E-state index in [9.17, 15) is 9.18 Å². The number of hydrogen-bond donors (Lipinski definition) is 1. The van der Waals surface area contributed by atoms with Crippen molar-refractivity contribution in [3.8, 4) is 0 Å². The van der Waals surface area contributed by atoms with E-state index in [0.29, 0.717) is 16.2 Å². The number of rotatable bonds is 4. The second kappa shape index (κ2) is 5.08. The van der Waals surface area contributed by atoms with Crippen LogP contribution >= 0.6 is 11.8 Å². The Kier molecular flexibility index (Phi) is 3.66. The van der Waals surface area contributed by atoms with Crippen LogP contribution in [0, 0.1) is 12.7 Å². The maximum Gasteiger partial charge on any atom is 0.313 e. The van der Waals surface area contributed by atoms with Gasteiger partial charge in [0.2, 0.25) is 0 Å². The summed E-state index contributed by atoms with van der Waals surface area (Å²) in [6, 6.07) is 3.08. The Morgan fingerprint density at radius 2 is 2.21 bits per heavy atom. The summed E-state index contributed by atoms with van der Waals surface area (Å²) in [5.41, 5.74) is 1.81. The molecule has 1 aromatic carbocycles. The van der Waals surface area contributed by atoms with Crippen molar-refractivity contribution in [2.75, 3.05) is 24.9 Å². The van der Waals surface area contributed by atoms with Crippen LogP contribution in [0.5, 0.6) is 0 Å². The molecule has 5 nitrogen and oxygen atoms in total. The molecular formula is C12H14FN3O2S. The summed E-state index contributed by atoms with van der Waals surface area (Å²) in [4.78, 5) is 14.9. The van der Waals surface area contributed by atoms with Crippen LogP contribution in [0.3, 0.4) is 0 Å². The largest absolute Gasteiger partial charge is 0.481 e. The number of thioether (sulfide) groups is 1. The zero-order valence-corrected chi connectivity index (χ0v) is 11.7. The molecule has 0 aliphatic carbocycles. The molecule has 0 amide bonds. The monoisotopic (exact) mass is 283 g/mol. The molecule has 0 aliphatic rings.